The van der Waals surface area contributed by atoms with Crippen molar-refractivity contribution in [3.63, 3.8) is 0 Å². The number of hydrogen-bond acceptors (Lipinski definition) is 9. The van der Waals surface area contributed by atoms with Gasteiger partial charge in [-0.15, -0.1) is 0 Å². The number of ketones is 1. The van der Waals surface area contributed by atoms with E-state index in [1.54, 1.807) is 27.7 Å². The quantitative estimate of drug-likeness (QED) is 0.319. The van der Waals surface area contributed by atoms with Gasteiger partial charge in [-0.1, -0.05) is 41.5 Å². The Morgan fingerprint density at radius 3 is 2.10 bits per heavy atom. The standard InChI is InChI=1S/C21H38O9/c1-10(2)7-8-21(28)17(27)19(3,4)16(26)20(5,6)18(21)30-15-14(25)13(24)12(23)11(9-22)29-15/h10-16,18,22-26,28H,7-9H2,1-6H3/t11-,12-,13+,14-,15+,16?,18?,21?/m1/s1. The number of rotatable bonds is 6. The molecule has 0 amide bonds. The third-order valence-electron chi connectivity index (χ3n) is 6.70. The maximum absolute atomic E-state index is 13.3. The van der Waals surface area contributed by atoms with E-state index in [1.165, 1.54) is 0 Å². The highest BCUT2D eigenvalue weighted by Gasteiger charge is 2.66. The van der Waals surface area contributed by atoms with Crippen LogP contribution in [-0.4, -0.2) is 91.5 Å². The normalized spacial score (nSPS) is 43.8. The first-order valence-corrected chi connectivity index (χ1v) is 10.5. The van der Waals surface area contributed by atoms with E-state index in [9.17, 15) is 35.4 Å². The summed E-state index contributed by atoms with van der Waals surface area (Å²) in [5, 5.41) is 62.4. The minimum atomic E-state index is -1.98. The van der Waals surface area contributed by atoms with Crippen LogP contribution in [0.4, 0.5) is 0 Å². The van der Waals surface area contributed by atoms with Crippen molar-refractivity contribution in [3.05, 3.63) is 0 Å². The van der Waals surface area contributed by atoms with Gasteiger partial charge < -0.3 is 40.1 Å². The van der Waals surface area contributed by atoms with E-state index in [-0.39, 0.29) is 12.3 Å². The molecule has 6 N–H and O–H groups in total. The first kappa shape index (κ1) is 25.6. The fourth-order valence-corrected chi connectivity index (χ4v) is 4.85. The summed E-state index contributed by atoms with van der Waals surface area (Å²) in [4.78, 5) is 13.3. The van der Waals surface area contributed by atoms with Crippen molar-refractivity contribution in [1.29, 1.82) is 0 Å². The Morgan fingerprint density at radius 2 is 1.60 bits per heavy atom. The first-order chi connectivity index (χ1) is 13.6. The lowest BCUT2D eigenvalue weighted by Crippen LogP contribution is -2.73. The molecule has 0 bridgehead atoms. The van der Waals surface area contributed by atoms with Crippen LogP contribution in [0.3, 0.4) is 0 Å². The van der Waals surface area contributed by atoms with Gasteiger partial charge in [-0.25, -0.2) is 0 Å². The van der Waals surface area contributed by atoms with Crippen LogP contribution in [0.2, 0.25) is 0 Å². The second kappa shape index (κ2) is 8.71. The van der Waals surface area contributed by atoms with Crippen LogP contribution in [0.1, 0.15) is 54.4 Å². The molecule has 9 nitrogen and oxygen atoms in total. The number of ether oxygens (including phenoxy) is 2. The third-order valence-corrected chi connectivity index (χ3v) is 6.70. The average molecular weight is 435 g/mol. The van der Waals surface area contributed by atoms with Gasteiger partial charge in [0.2, 0.25) is 0 Å². The summed E-state index contributed by atoms with van der Waals surface area (Å²) in [6, 6.07) is 0. The van der Waals surface area contributed by atoms with Crippen LogP contribution in [0, 0.1) is 16.7 Å². The molecule has 1 heterocycles. The Balaban J connectivity index is 2.45. The molecule has 1 aliphatic carbocycles. The molecule has 30 heavy (non-hydrogen) atoms. The molecular formula is C21H38O9. The number of aliphatic hydroxyl groups excluding tert-OH is 5. The zero-order chi connectivity index (χ0) is 23.2. The van der Waals surface area contributed by atoms with Crippen LogP contribution < -0.4 is 0 Å². The van der Waals surface area contributed by atoms with Crippen molar-refractivity contribution in [2.24, 2.45) is 16.7 Å². The molecule has 8 atom stereocenters. The summed E-state index contributed by atoms with van der Waals surface area (Å²) < 4.78 is 11.3. The predicted molar refractivity (Wildman–Crippen MR) is 106 cm³/mol. The summed E-state index contributed by atoms with van der Waals surface area (Å²) in [6.07, 6.45) is -9.49. The zero-order valence-corrected chi connectivity index (χ0v) is 18.6. The number of aliphatic hydroxyl groups is 6. The minimum absolute atomic E-state index is 0.0746. The maximum atomic E-state index is 13.3. The molecule has 1 saturated heterocycles. The van der Waals surface area contributed by atoms with Crippen LogP contribution in [0.15, 0.2) is 0 Å². The summed E-state index contributed by atoms with van der Waals surface area (Å²) in [5.41, 5.74) is -4.36. The van der Waals surface area contributed by atoms with E-state index in [4.69, 9.17) is 9.47 Å². The SMILES string of the molecule is CC(C)CCC1(O)C(=O)C(C)(C)C(O)C(C)(C)C1O[C@@H]1O[C@H](CO)[C@@H](O)[C@H](O)[C@H]1O. The third kappa shape index (κ3) is 4.19. The topological polar surface area (TPSA) is 157 Å². The van der Waals surface area contributed by atoms with Crippen molar-refractivity contribution in [1.82, 2.24) is 0 Å². The van der Waals surface area contributed by atoms with Crippen molar-refractivity contribution in [2.45, 2.75) is 103 Å². The molecular weight excluding hydrogens is 396 g/mol. The molecule has 0 spiro atoms. The highest BCUT2D eigenvalue weighted by atomic mass is 16.7. The number of carbonyl (C=O) groups excluding carboxylic acids is 1. The highest BCUT2D eigenvalue weighted by Crippen LogP contribution is 2.51. The number of hydrogen-bond donors (Lipinski definition) is 6. The van der Waals surface area contributed by atoms with E-state index in [1.807, 2.05) is 13.8 Å². The lowest BCUT2D eigenvalue weighted by Gasteiger charge is -2.57. The van der Waals surface area contributed by atoms with Crippen LogP contribution >= 0.6 is 0 Å². The van der Waals surface area contributed by atoms with Gasteiger partial charge in [-0.2, -0.15) is 0 Å². The Morgan fingerprint density at radius 1 is 1.03 bits per heavy atom. The lowest BCUT2D eigenvalue weighted by atomic mass is 9.54. The largest absolute Gasteiger partial charge is 0.394 e. The molecule has 1 aliphatic heterocycles. The first-order valence-electron chi connectivity index (χ1n) is 10.5. The molecule has 0 aromatic carbocycles. The van der Waals surface area contributed by atoms with E-state index in [0.29, 0.717) is 6.42 Å². The molecule has 176 valence electrons. The Kier molecular flexibility index (Phi) is 7.43. The van der Waals surface area contributed by atoms with Gasteiger partial charge in [-0.05, 0) is 18.8 Å². The molecule has 0 aromatic heterocycles. The molecule has 2 rings (SSSR count). The van der Waals surface area contributed by atoms with Gasteiger partial charge in [0.05, 0.1) is 18.1 Å². The second-order valence-corrected chi connectivity index (χ2v) is 10.3. The maximum Gasteiger partial charge on any atom is 0.187 e. The molecule has 9 heteroatoms. The average Bonchev–Trinajstić information content (AvgIpc) is 2.67. The van der Waals surface area contributed by atoms with Crippen molar-refractivity contribution in [3.8, 4) is 0 Å². The van der Waals surface area contributed by atoms with Gasteiger partial charge >= 0.3 is 0 Å². The van der Waals surface area contributed by atoms with E-state index in [2.05, 4.69) is 0 Å². The lowest BCUT2D eigenvalue weighted by molar-refractivity contribution is -0.342. The van der Waals surface area contributed by atoms with Crippen molar-refractivity contribution >= 4 is 5.78 Å². The van der Waals surface area contributed by atoms with Crippen LogP contribution in [0.25, 0.3) is 0 Å². The molecule has 0 aromatic rings. The van der Waals surface area contributed by atoms with E-state index < -0.39 is 71.7 Å². The van der Waals surface area contributed by atoms with Gasteiger partial charge in [0.15, 0.2) is 12.1 Å². The minimum Gasteiger partial charge on any atom is -0.394 e. The molecule has 2 aliphatic rings. The fourth-order valence-electron chi connectivity index (χ4n) is 4.85. The Bertz CT molecular complexity index is 618. The number of Topliss-reactive ketones (excluding diaryl/α,β-unsaturated/α-hetero) is 1. The van der Waals surface area contributed by atoms with Gasteiger partial charge in [0.1, 0.15) is 36.1 Å². The zero-order valence-electron chi connectivity index (χ0n) is 18.6. The van der Waals surface area contributed by atoms with Gasteiger partial charge in [0, 0.05) is 5.41 Å². The van der Waals surface area contributed by atoms with Gasteiger partial charge in [-0.3, -0.25) is 4.79 Å². The van der Waals surface area contributed by atoms with Crippen LogP contribution in [-0.2, 0) is 14.3 Å². The smallest absolute Gasteiger partial charge is 0.187 e. The summed E-state index contributed by atoms with van der Waals surface area (Å²) in [5.74, 6) is -0.384. The van der Waals surface area contributed by atoms with Gasteiger partial charge in [0.25, 0.3) is 0 Å². The molecule has 1 saturated carbocycles. The highest BCUT2D eigenvalue weighted by molar-refractivity contribution is 5.94. The summed E-state index contributed by atoms with van der Waals surface area (Å²) in [7, 11) is 0. The van der Waals surface area contributed by atoms with Crippen molar-refractivity contribution in [2.75, 3.05) is 6.61 Å². The van der Waals surface area contributed by atoms with Crippen molar-refractivity contribution < 1.29 is 44.9 Å². The van der Waals surface area contributed by atoms with E-state index >= 15 is 0 Å². The molecule has 2 fully saturated rings. The van der Waals surface area contributed by atoms with E-state index in [0.717, 1.165) is 0 Å². The van der Waals surface area contributed by atoms with Crippen LogP contribution in [0.5, 0.6) is 0 Å². The monoisotopic (exact) mass is 434 g/mol. The molecule has 3 unspecified atom stereocenters. The second-order valence-electron chi connectivity index (χ2n) is 10.3. The Labute approximate surface area is 177 Å². The fraction of sp³-hybridized carbons (Fsp3) is 0.952. The summed E-state index contributed by atoms with van der Waals surface area (Å²) >= 11 is 0. The number of carbonyl (C=O) groups is 1. The predicted octanol–water partition coefficient (Wildman–Crippen LogP) is -0.665. The Hall–Kier alpha value is -0.650. The molecule has 0 radical (unpaired) electrons. The summed E-state index contributed by atoms with van der Waals surface area (Å²) in [6.45, 7) is 9.73.